The monoisotopic (exact) mass is 423 g/mol. The lowest BCUT2D eigenvalue weighted by Gasteiger charge is -2.14. The molecule has 150 valence electrons. The molecule has 0 aromatic heterocycles. The van der Waals surface area contributed by atoms with E-state index in [1.54, 1.807) is 40.2 Å². The van der Waals surface area contributed by atoms with E-state index < -0.39 is 5.97 Å². The molecule has 1 amide bonds. The number of ether oxygens (including phenoxy) is 3. The molecule has 28 heavy (non-hydrogen) atoms. The number of anilines is 1. The molecule has 0 aliphatic rings. The molecule has 0 heterocycles. The van der Waals surface area contributed by atoms with Crippen LogP contribution >= 0.6 is 23.4 Å². The van der Waals surface area contributed by atoms with E-state index in [1.807, 2.05) is 12.1 Å². The second-order valence-corrected chi connectivity index (χ2v) is 7.50. The first-order valence-corrected chi connectivity index (χ1v) is 9.81. The standard InChI is InChI=1S/C20H22ClNO5S/c1-5-27-20(24)15-8-6-13(10-16(15)21)22-19(23)12(2)28-14-7-9-17(25-3)18(11-14)26-4/h6-12H,5H2,1-4H3,(H,22,23)/t12-/m1/s1. The number of amides is 1. The number of rotatable bonds is 8. The Labute approximate surface area is 173 Å². The van der Waals surface area contributed by atoms with Gasteiger partial charge in [-0.05, 0) is 50.2 Å². The van der Waals surface area contributed by atoms with Crippen molar-refractivity contribution in [3.63, 3.8) is 0 Å². The number of methoxy groups -OCH3 is 2. The van der Waals surface area contributed by atoms with Crippen molar-refractivity contribution in [2.24, 2.45) is 0 Å². The van der Waals surface area contributed by atoms with E-state index in [0.717, 1.165) is 4.90 Å². The fourth-order valence-corrected chi connectivity index (χ4v) is 3.51. The molecule has 0 aliphatic carbocycles. The second kappa shape index (κ2) is 10.2. The van der Waals surface area contributed by atoms with Crippen LogP contribution in [0.1, 0.15) is 24.2 Å². The van der Waals surface area contributed by atoms with E-state index in [4.69, 9.17) is 25.8 Å². The van der Waals surface area contributed by atoms with Gasteiger partial charge in [0.15, 0.2) is 11.5 Å². The lowest BCUT2D eigenvalue weighted by molar-refractivity contribution is -0.115. The first-order valence-electron chi connectivity index (χ1n) is 8.55. The Kier molecular flexibility index (Phi) is 8.02. The van der Waals surface area contributed by atoms with Crippen molar-refractivity contribution < 1.29 is 23.8 Å². The van der Waals surface area contributed by atoms with Gasteiger partial charge in [0.2, 0.25) is 5.91 Å². The molecule has 0 saturated carbocycles. The number of esters is 1. The summed E-state index contributed by atoms with van der Waals surface area (Å²) in [5.74, 6) is 0.532. The predicted octanol–water partition coefficient (Wildman–Crippen LogP) is 4.65. The summed E-state index contributed by atoms with van der Waals surface area (Å²) in [5, 5.41) is 2.65. The van der Waals surface area contributed by atoms with Crippen LogP contribution in [-0.2, 0) is 9.53 Å². The summed E-state index contributed by atoms with van der Waals surface area (Å²) in [6.07, 6.45) is 0. The first kappa shape index (κ1) is 21.9. The Bertz CT molecular complexity index is 858. The van der Waals surface area contributed by atoms with E-state index in [1.165, 1.54) is 23.9 Å². The third kappa shape index (κ3) is 5.56. The summed E-state index contributed by atoms with van der Waals surface area (Å²) in [7, 11) is 3.13. The van der Waals surface area contributed by atoms with Crippen molar-refractivity contribution in [2.75, 3.05) is 26.1 Å². The van der Waals surface area contributed by atoms with Gasteiger partial charge in [0.05, 0.1) is 36.7 Å². The summed E-state index contributed by atoms with van der Waals surface area (Å²) in [6, 6.07) is 10.1. The van der Waals surface area contributed by atoms with Gasteiger partial charge in [0, 0.05) is 10.6 Å². The highest BCUT2D eigenvalue weighted by Gasteiger charge is 2.17. The molecule has 0 aliphatic heterocycles. The lowest BCUT2D eigenvalue weighted by atomic mass is 10.2. The zero-order valence-electron chi connectivity index (χ0n) is 16.1. The highest BCUT2D eigenvalue weighted by Crippen LogP contribution is 2.34. The summed E-state index contributed by atoms with van der Waals surface area (Å²) in [5.41, 5.74) is 0.761. The molecule has 1 N–H and O–H groups in total. The third-order valence-corrected chi connectivity index (χ3v) is 5.18. The Morgan fingerprint density at radius 3 is 2.43 bits per heavy atom. The molecule has 8 heteroatoms. The van der Waals surface area contributed by atoms with Crippen molar-refractivity contribution in [3.05, 3.63) is 47.0 Å². The van der Waals surface area contributed by atoms with Crippen LogP contribution in [0.15, 0.2) is 41.3 Å². The molecule has 0 spiro atoms. The maximum absolute atomic E-state index is 12.5. The topological polar surface area (TPSA) is 73.9 Å². The molecule has 0 radical (unpaired) electrons. The summed E-state index contributed by atoms with van der Waals surface area (Å²) in [4.78, 5) is 25.2. The fraction of sp³-hybridized carbons (Fsp3) is 0.300. The van der Waals surface area contributed by atoms with Crippen molar-refractivity contribution in [3.8, 4) is 11.5 Å². The highest BCUT2D eigenvalue weighted by atomic mass is 35.5. The number of halogens is 1. The molecule has 0 saturated heterocycles. The summed E-state index contributed by atoms with van der Waals surface area (Å²) in [6.45, 7) is 3.78. The minimum atomic E-state index is -0.497. The van der Waals surface area contributed by atoms with Gasteiger partial charge in [-0.3, -0.25) is 4.79 Å². The van der Waals surface area contributed by atoms with Crippen LogP contribution in [0.4, 0.5) is 5.69 Å². The molecule has 2 rings (SSSR count). The molecule has 2 aromatic carbocycles. The zero-order valence-corrected chi connectivity index (χ0v) is 17.6. The summed E-state index contributed by atoms with van der Waals surface area (Å²) < 4.78 is 15.4. The maximum Gasteiger partial charge on any atom is 0.339 e. The normalized spacial score (nSPS) is 11.5. The Morgan fingerprint density at radius 1 is 1.11 bits per heavy atom. The molecular formula is C20H22ClNO5S. The molecule has 0 fully saturated rings. The lowest BCUT2D eigenvalue weighted by Crippen LogP contribution is -2.22. The van der Waals surface area contributed by atoms with Gasteiger partial charge in [0.25, 0.3) is 0 Å². The van der Waals surface area contributed by atoms with Crippen LogP contribution in [0, 0.1) is 0 Å². The van der Waals surface area contributed by atoms with E-state index in [0.29, 0.717) is 17.2 Å². The molecule has 1 atom stereocenters. The number of hydrogen-bond donors (Lipinski definition) is 1. The van der Waals surface area contributed by atoms with Crippen molar-refractivity contribution in [1.82, 2.24) is 0 Å². The van der Waals surface area contributed by atoms with Gasteiger partial charge >= 0.3 is 5.97 Å². The minimum absolute atomic E-state index is 0.195. The van der Waals surface area contributed by atoms with E-state index in [9.17, 15) is 9.59 Å². The van der Waals surface area contributed by atoms with Gasteiger partial charge in [-0.2, -0.15) is 0 Å². The van der Waals surface area contributed by atoms with Crippen LogP contribution < -0.4 is 14.8 Å². The van der Waals surface area contributed by atoms with Crippen LogP contribution in [-0.4, -0.2) is 38.0 Å². The van der Waals surface area contributed by atoms with E-state index in [2.05, 4.69) is 5.32 Å². The highest BCUT2D eigenvalue weighted by molar-refractivity contribution is 8.00. The number of benzene rings is 2. The molecule has 2 aromatic rings. The van der Waals surface area contributed by atoms with Gasteiger partial charge in [-0.25, -0.2) is 4.79 Å². The Hall–Kier alpha value is -2.38. The number of carbonyl (C=O) groups is 2. The van der Waals surface area contributed by atoms with Gasteiger partial charge in [-0.1, -0.05) is 11.6 Å². The SMILES string of the molecule is CCOC(=O)c1ccc(NC(=O)[C@@H](C)Sc2ccc(OC)c(OC)c2)cc1Cl. The molecular weight excluding hydrogens is 402 g/mol. The number of carbonyl (C=O) groups excluding carboxylic acids is 2. The molecule has 6 nitrogen and oxygen atoms in total. The largest absolute Gasteiger partial charge is 0.493 e. The zero-order chi connectivity index (χ0) is 20.7. The average molecular weight is 424 g/mol. The van der Waals surface area contributed by atoms with Gasteiger partial charge < -0.3 is 19.5 Å². The maximum atomic E-state index is 12.5. The van der Waals surface area contributed by atoms with Crippen molar-refractivity contribution in [1.29, 1.82) is 0 Å². The number of hydrogen-bond acceptors (Lipinski definition) is 6. The quantitative estimate of drug-likeness (QED) is 0.492. The molecule has 0 bridgehead atoms. The number of thioether (sulfide) groups is 1. The number of nitrogens with one attached hydrogen (secondary N) is 1. The van der Waals surface area contributed by atoms with E-state index >= 15 is 0 Å². The Morgan fingerprint density at radius 2 is 1.82 bits per heavy atom. The second-order valence-electron chi connectivity index (χ2n) is 5.68. The van der Waals surface area contributed by atoms with Crippen LogP contribution in [0.5, 0.6) is 11.5 Å². The average Bonchev–Trinajstić information content (AvgIpc) is 2.67. The molecule has 0 unspecified atom stereocenters. The van der Waals surface area contributed by atoms with E-state index in [-0.39, 0.29) is 28.4 Å². The Balaban J connectivity index is 2.04. The van der Waals surface area contributed by atoms with Crippen LogP contribution in [0.25, 0.3) is 0 Å². The van der Waals surface area contributed by atoms with Gasteiger partial charge in [-0.15, -0.1) is 11.8 Å². The summed E-state index contributed by atoms with van der Waals surface area (Å²) >= 11 is 7.52. The predicted molar refractivity (Wildman–Crippen MR) is 111 cm³/mol. The van der Waals surface area contributed by atoms with Crippen molar-refractivity contribution >= 4 is 40.9 Å². The third-order valence-electron chi connectivity index (χ3n) is 3.77. The van der Waals surface area contributed by atoms with Gasteiger partial charge in [0.1, 0.15) is 0 Å². The van der Waals surface area contributed by atoms with Crippen LogP contribution in [0.3, 0.4) is 0 Å². The fourth-order valence-electron chi connectivity index (χ4n) is 2.36. The smallest absolute Gasteiger partial charge is 0.339 e. The first-order chi connectivity index (χ1) is 13.4. The van der Waals surface area contributed by atoms with Crippen molar-refractivity contribution in [2.45, 2.75) is 24.0 Å². The van der Waals surface area contributed by atoms with Crippen LogP contribution in [0.2, 0.25) is 5.02 Å². The minimum Gasteiger partial charge on any atom is -0.493 e.